The van der Waals surface area contributed by atoms with E-state index in [1.807, 2.05) is 7.11 Å². The molecule has 0 aromatic heterocycles. The maximum absolute atomic E-state index is 5.76. The van der Waals surface area contributed by atoms with Crippen LogP contribution in [0.5, 0.6) is 0 Å². The summed E-state index contributed by atoms with van der Waals surface area (Å²) in [6.45, 7) is 8.44. The minimum Gasteiger partial charge on any atom is -0.420 e. The van der Waals surface area contributed by atoms with Crippen molar-refractivity contribution in [3.63, 3.8) is 0 Å². The lowest BCUT2D eigenvalue weighted by molar-refractivity contribution is 0.387. The zero-order valence-electron chi connectivity index (χ0n) is 8.86. The quantitative estimate of drug-likeness (QED) is 0.553. The Kier molecular flexibility index (Phi) is 6.77. The number of hydrogen-bond acceptors (Lipinski definition) is 1. The Morgan fingerprint density at radius 3 is 1.83 bits per heavy atom. The first-order valence-electron chi connectivity index (χ1n) is 5.09. The first kappa shape index (κ1) is 12.2. The highest BCUT2D eigenvalue weighted by atomic mass is 28.4. The molecule has 2 heteroatoms. The van der Waals surface area contributed by atoms with Gasteiger partial charge in [0, 0.05) is 7.11 Å². The van der Waals surface area contributed by atoms with Crippen LogP contribution in [0.15, 0.2) is 0 Å². The number of rotatable bonds is 7. The van der Waals surface area contributed by atoms with Crippen LogP contribution >= 0.6 is 0 Å². The van der Waals surface area contributed by atoms with Gasteiger partial charge in [-0.25, -0.2) is 0 Å². The average Bonchev–Trinajstić information content (AvgIpc) is 2.06. The van der Waals surface area contributed by atoms with E-state index in [1.54, 1.807) is 0 Å². The summed E-state index contributed by atoms with van der Waals surface area (Å²) >= 11 is 0. The Morgan fingerprint density at radius 1 is 1.08 bits per heavy atom. The topological polar surface area (TPSA) is 9.23 Å². The van der Waals surface area contributed by atoms with Crippen LogP contribution in [0.1, 0.15) is 33.1 Å². The second-order valence-corrected chi connectivity index (χ2v) is 7.76. The SMILES string of the molecule is [CH2]CC[Si](CCC)(CCC)OC. The van der Waals surface area contributed by atoms with Crippen molar-refractivity contribution in [2.75, 3.05) is 7.11 Å². The Hall–Kier alpha value is 0.177. The molecule has 0 aliphatic carbocycles. The summed E-state index contributed by atoms with van der Waals surface area (Å²) in [7, 11) is 0.564. The Morgan fingerprint density at radius 2 is 1.58 bits per heavy atom. The van der Waals surface area contributed by atoms with E-state index in [1.165, 1.54) is 31.0 Å². The maximum Gasteiger partial charge on any atom is 0.192 e. The van der Waals surface area contributed by atoms with Crippen molar-refractivity contribution >= 4 is 8.32 Å². The van der Waals surface area contributed by atoms with Gasteiger partial charge in [0.1, 0.15) is 0 Å². The third-order valence-electron chi connectivity index (χ3n) is 2.48. The monoisotopic (exact) mass is 187 g/mol. The highest BCUT2D eigenvalue weighted by molar-refractivity contribution is 6.73. The van der Waals surface area contributed by atoms with E-state index >= 15 is 0 Å². The summed E-state index contributed by atoms with van der Waals surface area (Å²) in [5, 5.41) is 0. The van der Waals surface area contributed by atoms with Crippen LogP contribution in [0.2, 0.25) is 18.1 Å². The van der Waals surface area contributed by atoms with E-state index in [9.17, 15) is 0 Å². The van der Waals surface area contributed by atoms with Gasteiger partial charge in [-0.2, -0.15) is 0 Å². The van der Waals surface area contributed by atoms with Crippen molar-refractivity contribution in [1.82, 2.24) is 0 Å². The molecule has 0 aromatic rings. The molecule has 0 aromatic carbocycles. The van der Waals surface area contributed by atoms with Gasteiger partial charge in [0.2, 0.25) is 0 Å². The normalized spacial score (nSPS) is 12.0. The van der Waals surface area contributed by atoms with Gasteiger partial charge in [0.25, 0.3) is 0 Å². The van der Waals surface area contributed by atoms with Gasteiger partial charge in [-0.1, -0.05) is 40.0 Å². The molecule has 1 nitrogen and oxygen atoms in total. The van der Waals surface area contributed by atoms with Crippen molar-refractivity contribution in [3.8, 4) is 0 Å². The molecular formula is C10H23OSi. The summed E-state index contributed by atoms with van der Waals surface area (Å²) < 4.78 is 5.76. The molecule has 0 saturated heterocycles. The van der Waals surface area contributed by atoms with Crippen LogP contribution in [0.4, 0.5) is 0 Å². The van der Waals surface area contributed by atoms with Crippen molar-refractivity contribution in [2.24, 2.45) is 0 Å². The standard InChI is InChI=1S/C10H23OSi/c1-5-8-12(11-4,9-6-2)10-7-3/h1,5-10H2,2-4H3. The van der Waals surface area contributed by atoms with Crippen molar-refractivity contribution in [1.29, 1.82) is 0 Å². The summed E-state index contributed by atoms with van der Waals surface area (Å²) in [5.74, 6) is 0. The minimum absolute atomic E-state index is 1.04. The third-order valence-corrected chi connectivity index (χ3v) is 7.43. The first-order chi connectivity index (χ1) is 5.74. The van der Waals surface area contributed by atoms with Crippen LogP contribution in [-0.4, -0.2) is 15.4 Å². The predicted molar refractivity (Wildman–Crippen MR) is 57.7 cm³/mol. The molecule has 0 rings (SSSR count). The van der Waals surface area contributed by atoms with Crippen LogP contribution in [0.25, 0.3) is 0 Å². The maximum atomic E-state index is 5.76. The molecule has 0 aliphatic heterocycles. The van der Waals surface area contributed by atoms with Crippen molar-refractivity contribution in [2.45, 2.75) is 51.2 Å². The molecule has 0 N–H and O–H groups in total. The Labute approximate surface area is 78.6 Å². The van der Waals surface area contributed by atoms with Crippen molar-refractivity contribution in [3.05, 3.63) is 6.92 Å². The fourth-order valence-corrected chi connectivity index (χ4v) is 5.74. The number of hydrogen-bond donors (Lipinski definition) is 0. The fraction of sp³-hybridized carbons (Fsp3) is 0.900. The van der Waals surface area contributed by atoms with E-state index in [2.05, 4.69) is 20.8 Å². The molecular weight excluding hydrogens is 164 g/mol. The van der Waals surface area contributed by atoms with E-state index in [0.29, 0.717) is 0 Å². The zero-order valence-corrected chi connectivity index (χ0v) is 9.86. The van der Waals surface area contributed by atoms with Gasteiger partial charge in [0.15, 0.2) is 8.32 Å². The van der Waals surface area contributed by atoms with Gasteiger partial charge in [0.05, 0.1) is 0 Å². The zero-order chi connectivity index (χ0) is 9.45. The highest BCUT2D eigenvalue weighted by Gasteiger charge is 2.30. The smallest absolute Gasteiger partial charge is 0.192 e. The summed E-state index contributed by atoms with van der Waals surface area (Å²) in [4.78, 5) is 0. The lowest BCUT2D eigenvalue weighted by atomic mass is 10.6. The molecule has 0 fully saturated rings. The molecule has 0 amide bonds. The van der Waals surface area contributed by atoms with E-state index in [4.69, 9.17) is 4.43 Å². The molecule has 0 atom stereocenters. The molecule has 0 aliphatic rings. The van der Waals surface area contributed by atoms with Gasteiger partial charge < -0.3 is 4.43 Å². The molecule has 1 radical (unpaired) electrons. The van der Waals surface area contributed by atoms with Crippen LogP contribution < -0.4 is 0 Å². The van der Waals surface area contributed by atoms with Gasteiger partial charge >= 0.3 is 0 Å². The molecule has 0 saturated carbocycles. The van der Waals surface area contributed by atoms with Gasteiger partial charge in [-0.15, -0.1) is 0 Å². The molecule has 0 unspecified atom stereocenters. The first-order valence-corrected chi connectivity index (χ1v) is 7.62. The lowest BCUT2D eigenvalue weighted by Crippen LogP contribution is -2.36. The molecule has 73 valence electrons. The third kappa shape index (κ3) is 3.72. The predicted octanol–water partition coefficient (Wildman–Crippen LogP) is 3.62. The summed E-state index contributed by atoms with van der Waals surface area (Å²) in [6, 6.07) is 3.87. The van der Waals surface area contributed by atoms with Gasteiger partial charge in [-0.3, -0.25) is 0 Å². The van der Waals surface area contributed by atoms with Crippen molar-refractivity contribution < 1.29 is 4.43 Å². The second kappa shape index (κ2) is 6.67. The summed E-state index contributed by atoms with van der Waals surface area (Å²) in [5.41, 5.74) is 0. The highest BCUT2D eigenvalue weighted by Crippen LogP contribution is 2.26. The largest absolute Gasteiger partial charge is 0.420 e. The molecule has 0 bridgehead atoms. The van der Waals surface area contributed by atoms with Gasteiger partial charge in [-0.05, 0) is 18.1 Å². The van der Waals surface area contributed by atoms with E-state index in [-0.39, 0.29) is 0 Å². The fourth-order valence-electron chi connectivity index (χ4n) is 1.91. The van der Waals surface area contributed by atoms with Crippen LogP contribution in [-0.2, 0) is 4.43 Å². The van der Waals surface area contributed by atoms with Crippen LogP contribution in [0.3, 0.4) is 0 Å². The average molecular weight is 187 g/mol. The lowest BCUT2D eigenvalue weighted by Gasteiger charge is -2.28. The van der Waals surface area contributed by atoms with Crippen LogP contribution in [0, 0.1) is 6.92 Å². The minimum atomic E-state index is -1.33. The molecule has 0 heterocycles. The second-order valence-electron chi connectivity index (χ2n) is 3.49. The molecule has 0 spiro atoms. The summed E-state index contributed by atoms with van der Waals surface area (Å²) in [6.07, 6.45) is 3.57. The Bertz CT molecular complexity index is 87.0. The van der Waals surface area contributed by atoms with E-state index in [0.717, 1.165) is 6.42 Å². The Balaban J connectivity index is 4.06. The van der Waals surface area contributed by atoms with E-state index < -0.39 is 8.32 Å². The molecule has 12 heavy (non-hydrogen) atoms.